The predicted molar refractivity (Wildman–Crippen MR) is 197 cm³/mol. The molecule has 2 aliphatic heterocycles. The number of fused-ring (bicyclic) bond motifs is 11. The highest BCUT2D eigenvalue weighted by molar-refractivity contribution is 8.05. The van der Waals surface area contributed by atoms with Crippen LogP contribution in [-0.2, 0) is 5.41 Å². The molecule has 47 heavy (non-hydrogen) atoms. The number of rotatable bonds is 3. The van der Waals surface area contributed by atoms with E-state index in [0.717, 1.165) is 11.4 Å². The monoisotopic (exact) mass is 653 g/mol. The van der Waals surface area contributed by atoms with Crippen LogP contribution in [0.4, 0.5) is 17.1 Å². The van der Waals surface area contributed by atoms with Gasteiger partial charge in [0.05, 0.1) is 16.0 Å². The molecule has 0 saturated carbocycles. The van der Waals surface area contributed by atoms with Crippen molar-refractivity contribution in [3.05, 3.63) is 186 Å². The zero-order valence-corrected chi connectivity index (χ0v) is 27.7. The third-order valence-corrected chi connectivity index (χ3v) is 13.3. The Kier molecular flexibility index (Phi) is 6.27. The molecule has 0 bridgehead atoms. The highest BCUT2D eigenvalue weighted by atomic mass is 32.2. The lowest BCUT2D eigenvalue weighted by molar-refractivity contribution is 0.722. The second-order valence-electron chi connectivity index (χ2n) is 12.0. The van der Waals surface area contributed by atoms with E-state index in [1.807, 2.05) is 35.3 Å². The Hall–Kier alpha value is -4.61. The van der Waals surface area contributed by atoms with Gasteiger partial charge in [0.1, 0.15) is 0 Å². The van der Waals surface area contributed by atoms with Crippen molar-refractivity contribution >= 4 is 52.3 Å². The van der Waals surface area contributed by atoms with Gasteiger partial charge >= 0.3 is 0 Å². The molecule has 1 aliphatic carbocycles. The zero-order chi connectivity index (χ0) is 31.0. The van der Waals surface area contributed by atoms with Gasteiger partial charge in [0.15, 0.2) is 0 Å². The van der Waals surface area contributed by atoms with Crippen LogP contribution in [0.3, 0.4) is 0 Å². The van der Waals surface area contributed by atoms with E-state index in [9.17, 15) is 0 Å². The van der Waals surface area contributed by atoms with Gasteiger partial charge in [-0.05, 0) is 94.0 Å². The van der Waals surface area contributed by atoms with Crippen molar-refractivity contribution in [2.75, 3.05) is 4.90 Å². The molecule has 0 saturated heterocycles. The van der Waals surface area contributed by atoms with E-state index in [0.29, 0.717) is 0 Å². The molecule has 0 amide bonds. The van der Waals surface area contributed by atoms with Crippen LogP contribution in [-0.4, -0.2) is 0 Å². The first-order valence-electron chi connectivity index (χ1n) is 15.8. The average molecular weight is 654 g/mol. The zero-order valence-electron chi connectivity index (χ0n) is 25.3. The van der Waals surface area contributed by atoms with Crippen LogP contribution in [0.15, 0.2) is 193 Å². The summed E-state index contributed by atoms with van der Waals surface area (Å²) in [6, 6.07) is 60.6. The first-order valence-corrected chi connectivity index (χ1v) is 18.3. The average Bonchev–Trinajstić information content (AvgIpc) is 3.43. The van der Waals surface area contributed by atoms with Crippen LogP contribution in [0.2, 0.25) is 0 Å². The molecule has 2 heterocycles. The molecule has 1 spiro atoms. The Labute approximate surface area is 287 Å². The van der Waals surface area contributed by atoms with E-state index in [1.165, 1.54) is 68.4 Å². The summed E-state index contributed by atoms with van der Waals surface area (Å²) in [4.78, 5) is 10.3. The van der Waals surface area contributed by atoms with Gasteiger partial charge in [-0.1, -0.05) is 138 Å². The van der Waals surface area contributed by atoms with Crippen molar-refractivity contribution in [1.82, 2.24) is 0 Å². The topological polar surface area (TPSA) is 3.24 Å². The van der Waals surface area contributed by atoms with E-state index in [-0.39, 0.29) is 0 Å². The maximum Gasteiger partial charge on any atom is 0.0736 e. The maximum atomic E-state index is 2.48. The summed E-state index contributed by atoms with van der Waals surface area (Å²) < 4.78 is 0. The second-order valence-corrected chi connectivity index (χ2v) is 15.3. The van der Waals surface area contributed by atoms with E-state index >= 15 is 0 Å². The number of para-hydroxylation sites is 1. The van der Waals surface area contributed by atoms with Gasteiger partial charge in [-0.3, -0.25) is 0 Å². The van der Waals surface area contributed by atoms with Gasteiger partial charge in [-0.25, -0.2) is 0 Å². The molecule has 222 valence electrons. The summed E-state index contributed by atoms with van der Waals surface area (Å²) >= 11 is 5.64. The molecule has 10 rings (SSSR count). The minimum Gasteiger partial charge on any atom is -0.309 e. The second kappa shape index (κ2) is 10.7. The first-order chi connectivity index (χ1) is 23.3. The molecular weight excluding hydrogens is 627 g/mol. The molecule has 3 aliphatic rings. The predicted octanol–water partition coefficient (Wildman–Crippen LogP) is 12.6. The van der Waals surface area contributed by atoms with Crippen LogP contribution in [0, 0.1) is 0 Å². The molecule has 0 N–H and O–H groups in total. The fourth-order valence-corrected chi connectivity index (χ4v) is 11.2. The lowest BCUT2D eigenvalue weighted by atomic mass is 9.67. The number of benzene rings is 7. The van der Waals surface area contributed by atoms with E-state index in [1.54, 1.807) is 0 Å². The van der Waals surface area contributed by atoms with Gasteiger partial charge in [-0.2, -0.15) is 0 Å². The minimum atomic E-state index is -0.414. The van der Waals surface area contributed by atoms with Gasteiger partial charge in [0.2, 0.25) is 0 Å². The maximum absolute atomic E-state index is 2.48. The highest BCUT2D eigenvalue weighted by Crippen LogP contribution is 2.63. The summed E-state index contributed by atoms with van der Waals surface area (Å²) in [5.74, 6) is 0. The molecule has 0 aromatic heterocycles. The lowest BCUT2D eigenvalue weighted by Crippen LogP contribution is -2.32. The van der Waals surface area contributed by atoms with E-state index in [4.69, 9.17) is 0 Å². The normalized spacial score (nSPS) is 14.3. The Morgan fingerprint density at radius 3 is 1.66 bits per heavy atom. The fourth-order valence-electron chi connectivity index (χ4n) is 7.70. The van der Waals surface area contributed by atoms with Gasteiger partial charge in [0.25, 0.3) is 0 Å². The SMILES string of the molecule is c1ccc(N(c2ccc3c(c2)C2(c4ccccc4S3)c3ccccc3-c3ccccc32)c2cccc3c2Sc2ccccc2S3)cc1. The van der Waals surface area contributed by atoms with Crippen LogP contribution in [0.5, 0.6) is 0 Å². The number of hydrogen-bond donors (Lipinski definition) is 0. The van der Waals surface area contributed by atoms with Crippen LogP contribution < -0.4 is 4.90 Å². The quantitative estimate of drug-likeness (QED) is 0.187. The van der Waals surface area contributed by atoms with Gasteiger partial charge in [-0.15, -0.1) is 0 Å². The standard InChI is InChI=1S/C43H27NS3/c1-2-13-28(14-3-1)44(36-20-12-24-41-42(36)47-40-23-11-10-22-39(40)46-41)29-25-26-38-35(27-29)43(34-19-8-9-21-37(34)45-38)32-17-6-4-15-30(32)31-16-5-7-18-33(31)43/h1-27H. The summed E-state index contributed by atoms with van der Waals surface area (Å²) in [7, 11) is 0. The third kappa shape index (κ3) is 4.02. The summed E-state index contributed by atoms with van der Waals surface area (Å²) in [6.07, 6.45) is 0. The van der Waals surface area contributed by atoms with Crippen LogP contribution in [0.1, 0.15) is 22.3 Å². The molecule has 4 heteroatoms. The summed E-state index contributed by atoms with van der Waals surface area (Å²) in [5, 5.41) is 0. The van der Waals surface area contributed by atoms with Crippen molar-refractivity contribution in [2.45, 2.75) is 34.8 Å². The van der Waals surface area contributed by atoms with Crippen molar-refractivity contribution < 1.29 is 0 Å². The molecule has 7 aromatic rings. The van der Waals surface area contributed by atoms with E-state index in [2.05, 4.69) is 169 Å². The molecule has 0 fully saturated rings. The Morgan fingerprint density at radius 1 is 0.362 bits per heavy atom. The number of nitrogens with zero attached hydrogens (tertiary/aromatic N) is 1. The Bertz CT molecular complexity index is 2320. The first kappa shape index (κ1) is 27.5. The molecule has 1 nitrogen and oxygen atoms in total. The number of hydrogen-bond acceptors (Lipinski definition) is 4. The molecule has 0 unspecified atom stereocenters. The van der Waals surface area contributed by atoms with Crippen molar-refractivity contribution in [2.24, 2.45) is 0 Å². The van der Waals surface area contributed by atoms with E-state index < -0.39 is 5.41 Å². The van der Waals surface area contributed by atoms with Gasteiger partial charge in [0, 0.05) is 35.9 Å². The molecule has 0 radical (unpaired) electrons. The molecular formula is C43H27NS3. The lowest BCUT2D eigenvalue weighted by Gasteiger charge is -2.40. The van der Waals surface area contributed by atoms with Gasteiger partial charge < -0.3 is 4.90 Å². The fraction of sp³-hybridized carbons (Fsp3) is 0.0233. The third-order valence-electron chi connectivity index (χ3n) is 9.58. The highest BCUT2D eigenvalue weighted by Gasteiger charge is 2.50. The number of anilines is 3. The van der Waals surface area contributed by atoms with Crippen LogP contribution in [0.25, 0.3) is 11.1 Å². The largest absolute Gasteiger partial charge is 0.309 e. The Balaban J connectivity index is 1.24. The molecule has 0 atom stereocenters. The molecule has 7 aromatic carbocycles. The van der Waals surface area contributed by atoms with Crippen LogP contribution >= 0.6 is 35.3 Å². The van der Waals surface area contributed by atoms with Crippen molar-refractivity contribution in [3.63, 3.8) is 0 Å². The van der Waals surface area contributed by atoms with Crippen molar-refractivity contribution in [3.8, 4) is 11.1 Å². The summed E-state index contributed by atoms with van der Waals surface area (Å²) in [6.45, 7) is 0. The Morgan fingerprint density at radius 2 is 0.915 bits per heavy atom. The summed E-state index contributed by atoms with van der Waals surface area (Å²) in [5.41, 5.74) is 11.2. The van der Waals surface area contributed by atoms with Crippen molar-refractivity contribution in [1.29, 1.82) is 0 Å². The smallest absolute Gasteiger partial charge is 0.0736 e. The minimum absolute atomic E-state index is 0.414.